The van der Waals surface area contributed by atoms with Crippen molar-refractivity contribution < 1.29 is 19.4 Å². The summed E-state index contributed by atoms with van der Waals surface area (Å²) in [5.41, 5.74) is 3.01. The number of aliphatic hydroxyl groups is 1. The lowest BCUT2D eigenvalue weighted by molar-refractivity contribution is -0.149. The van der Waals surface area contributed by atoms with Crippen molar-refractivity contribution in [2.75, 3.05) is 6.54 Å². The summed E-state index contributed by atoms with van der Waals surface area (Å²) in [6, 6.07) is 16.8. The lowest BCUT2D eigenvalue weighted by Crippen LogP contribution is -2.57. The van der Waals surface area contributed by atoms with Crippen molar-refractivity contribution >= 4 is 22.9 Å². The minimum atomic E-state index is -1.08. The predicted octanol–water partition coefficient (Wildman–Crippen LogP) is 2.95. The number of nitrogens with one attached hydrogen (secondary N) is 2. The van der Waals surface area contributed by atoms with Crippen LogP contribution in [0, 0.1) is 0 Å². The minimum Gasteiger partial charge on any atom is -0.445 e. The first-order valence-corrected chi connectivity index (χ1v) is 10.1. The first kappa shape index (κ1) is 20.0. The summed E-state index contributed by atoms with van der Waals surface area (Å²) in [7, 11) is 0. The van der Waals surface area contributed by atoms with Crippen molar-refractivity contribution in [1.82, 2.24) is 15.2 Å². The van der Waals surface area contributed by atoms with Crippen molar-refractivity contribution in [2.24, 2.45) is 0 Å². The second kappa shape index (κ2) is 9.00. The average molecular weight is 407 g/mol. The van der Waals surface area contributed by atoms with E-state index in [1.54, 1.807) is 0 Å². The summed E-state index contributed by atoms with van der Waals surface area (Å²) in [4.78, 5) is 29.2. The van der Waals surface area contributed by atoms with E-state index in [1.807, 2.05) is 60.8 Å². The molecule has 156 valence electrons. The SMILES string of the molecule is O=C(N[C@H]1CCC(=O)N(CCc2c[nH]c3ccccc23)C1O)OCc1ccccc1. The molecule has 1 unspecified atom stereocenters. The molecule has 2 heterocycles. The molecule has 2 aromatic carbocycles. The van der Waals surface area contributed by atoms with Gasteiger partial charge in [-0.3, -0.25) is 4.79 Å². The molecule has 7 heteroatoms. The van der Waals surface area contributed by atoms with Gasteiger partial charge in [0.2, 0.25) is 5.91 Å². The van der Waals surface area contributed by atoms with Crippen LogP contribution in [0.1, 0.15) is 24.0 Å². The van der Waals surface area contributed by atoms with Crippen molar-refractivity contribution in [3.8, 4) is 0 Å². The first-order chi connectivity index (χ1) is 14.6. The van der Waals surface area contributed by atoms with Gasteiger partial charge in [0, 0.05) is 30.1 Å². The second-order valence-corrected chi connectivity index (χ2v) is 7.46. The molecule has 4 rings (SSSR count). The van der Waals surface area contributed by atoms with Crippen LogP contribution in [-0.4, -0.2) is 45.8 Å². The molecule has 1 aromatic heterocycles. The van der Waals surface area contributed by atoms with Crippen LogP contribution in [0.3, 0.4) is 0 Å². The second-order valence-electron chi connectivity index (χ2n) is 7.46. The third kappa shape index (κ3) is 4.46. The maximum absolute atomic E-state index is 12.4. The molecule has 3 N–H and O–H groups in total. The quantitative estimate of drug-likeness (QED) is 0.586. The number of para-hydroxylation sites is 1. The number of hydrogen-bond acceptors (Lipinski definition) is 4. The predicted molar refractivity (Wildman–Crippen MR) is 113 cm³/mol. The van der Waals surface area contributed by atoms with Crippen LogP contribution < -0.4 is 5.32 Å². The number of benzene rings is 2. The Morgan fingerprint density at radius 3 is 2.77 bits per heavy atom. The number of ether oxygens (including phenoxy) is 1. The molecular formula is C23H25N3O4. The van der Waals surface area contributed by atoms with Crippen molar-refractivity contribution in [2.45, 2.75) is 38.1 Å². The Kier molecular flexibility index (Phi) is 5.99. The molecular weight excluding hydrogens is 382 g/mol. The summed E-state index contributed by atoms with van der Waals surface area (Å²) < 4.78 is 5.24. The number of likely N-dealkylation sites (tertiary alicyclic amines) is 1. The first-order valence-electron chi connectivity index (χ1n) is 10.1. The average Bonchev–Trinajstić information content (AvgIpc) is 3.18. The maximum atomic E-state index is 12.4. The zero-order chi connectivity index (χ0) is 20.9. The standard InChI is InChI=1S/C23H25N3O4/c27-21-11-10-20(25-23(29)30-15-16-6-2-1-3-7-16)22(28)26(21)13-12-17-14-24-19-9-5-4-8-18(17)19/h1-9,14,20,22,24,28H,10-13,15H2,(H,25,29)/t20-,22?/m0/s1. The number of rotatable bonds is 6. The van der Waals surface area contributed by atoms with Crippen LogP contribution in [0.15, 0.2) is 60.8 Å². The highest BCUT2D eigenvalue weighted by Crippen LogP contribution is 2.21. The van der Waals surface area contributed by atoms with Gasteiger partial charge in [-0.2, -0.15) is 0 Å². The largest absolute Gasteiger partial charge is 0.445 e. The fourth-order valence-corrected chi connectivity index (χ4v) is 3.84. The summed E-state index contributed by atoms with van der Waals surface area (Å²) in [6.45, 7) is 0.526. The molecule has 0 spiro atoms. The smallest absolute Gasteiger partial charge is 0.407 e. The Balaban J connectivity index is 1.33. The Morgan fingerprint density at radius 1 is 1.17 bits per heavy atom. The highest BCUT2D eigenvalue weighted by atomic mass is 16.5. The topological polar surface area (TPSA) is 94.7 Å². The van der Waals surface area contributed by atoms with Crippen LogP contribution in [0.25, 0.3) is 10.9 Å². The van der Waals surface area contributed by atoms with Crippen LogP contribution in [0.5, 0.6) is 0 Å². The highest BCUT2D eigenvalue weighted by molar-refractivity contribution is 5.83. The molecule has 1 fully saturated rings. The van der Waals surface area contributed by atoms with Gasteiger partial charge in [-0.1, -0.05) is 48.5 Å². The van der Waals surface area contributed by atoms with E-state index in [1.165, 1.54) is 4.90 Å². The minimum absolute atomic E-state index is 0.113. The van der Waals surface area contributed by atoms with Crippen molar-refractivity contribution in [1.29, 1.82) is 0 Å². The van der Waals surface area contributed by atoms with Crippen molar-refractivity contribution in [3.63, 3.8) is 0 Å². The van der Waals surface area contributed by atoms with Gasteiger partial charge in [-0.15, -0.1) is 0 Å². The molecule has 7 nitrogen and oxygen atoms in total. The number of carbonyl (C=O) groups is 2. The molecule has 1 saturated heterocycles. The summed E-state index contributed by atoms with van der Waals surface area (Å²) >= 11 is 0. The number of piperidine rings is 1. The zero-order valence-electron chi connectivity index (χ0n) is 16.6. The lowest BCUT2D eigenvalue weighted by atomic mass is 10.0. The van der Waals surface area contributed by atoms with Gasteiger partial charge in [0.1, 0.15) is 12.8 Å². The highest BCUT2D eigenvalue weighted by Gasteiger charge is 2.35. The van der Waals surface area contributed by atoms with Gasteiger partial charge in [-0.05, 0) is 30.0 Å². The van der Waals surface area contributed by atoms with E-state index in [-0.39, 0.29) is 18.9 Å². The number of carbonyl (C=O) groups excluding carboxylic acids is 2. The molecule has 2 amide bonds. The van der Waals surface area contributed by atoms with E-state index in [4.69, 9.17) is 4.74 Å². The van der Waals surface area contributed by atoms with Crippen LogP contribution >= 0.6 is 0 Å². The molecule has 1 aliphatic heterocycles. The number of aromatic nitrogens is 1. The van der Waals surface area contributed by atoms with Crippen LogP contribution in [0.2, 0.25) is 0 Å². The molecule has 0 radical (unpaired) electrons. The molecule has 3 aromatic rings. The van der Waals surface area contributed by atoms with E-state index < -0.39 is 18.4 Å². The van der Waals surface area contributed by atoms with Crippen molar-refractivity contribution in [3.05, 3.63) is 71.9 Å². The number of hydrogen-bond donors (Lipinski definition) is 3. The molecule has 2 atom stereocenters. The van der Waals surface area contributed by atoms with Gasteiger partial charge in [0.05, 0.1) is 6.04 Å². The Hall–Kier alpha value is -3.32. The molecule has 0 bridgehead atoms. The lowest BCUT2D eigenvalue weighted by Gasteiger charge is -2.38. The number of H-pyrrole nitrogens is 1. The summed E-state index contributed by atoms with van der Waals surface area (Å²) in [6.07, 6.45) is 1.51. The van der Waals surface area contributed by atoms with Gasteiger partial charge >= 0.3 is 6.09 Å². The summed E-state index contributed by atoms with van der Waals surface area (Å²) in [5, 5.41) is 14.5. The maximum Gasteiger partial charge on any atom is 0.407 e. The number of alkyl carbamates (subject to hydrolysis) is 1. The monoisotopic (exact) mass is 407 g/mol. The van der Waals surface area contributed by atoms with E-state index in [2.05, 4.69) is 10.3 Å². The number of amides is 2. The molecule has 1 aliphatic rings. The Bertz CT molecular complexity index is 1020. The van der Waals surface area contributed by atoms with Gasteiger partial charge in [-0.25, -0.2) is 4.79 Å². The van der Waals surface area contributed by atoms with E-state index in [9.17, 15) is 14.7 Å². The molecule has 30 heavy (non-hydrogen) atoms. The fraction of sp³-hybridized carbons (Fsp3) is 0.304. The Morgan fingerprint density at radius 2 is 1.93 bits per heavy atom. The zero-order valence-corrected chi connectivity index (χ0v) is 16.6. The number of fused-ring (bicyclic) bond motifs is 1. The van der Waals surface area contributed by atoms with Crippen LogP contribution in [-0.2, 0) is 22.6 Å². The third-order valence-corrected chi connectivity index (χ3v) is 5.48. The summed E-state index contributed by atoms with van der Waals surface area (Å²) in [5.74, 6) is -0.113. The number of aliphatic hydroxyl groups excluding tert-OH is 1. The Labute approximate surface area is 174 Å². The number of aromatic amines is 1. The van der Waals surface area contributed by atoms with Crippen LogP contribution in [0.4, 0.5) is 4.79 Å². The fourth-order valence-electron chi connectivity index (χ4n) is 3.84. The van der Waals surface area contributed by atoms with E-state index in [0.717, 1.165) is 22.0 Å². The van der Waals surface area contributed by atoms with Gasteiger partial charge < -0.3 is 25.0 Å². The molecule has 0 aliphatic carbocycles. The number of nitrogens with zero attached hydrogens (tertiary/aromatic N) is 1. The molecule has 0 saturated carbocycles. The third-order valence-electron chi connectivity index (χ3n) is 5.48. The van der Waals surface area contributed by atoms with E-state index >= 15 is 0 Å². The van der Waals surface area contributed by atoms with E-state index in [0.29, 0.717) is 19.4 Å². The van der Waals surface area contributed by atoms with Gasteiger partial charge in [0.25, 0.3) is 0 Å². The van der Waals surface area contributed by atoms with Gasteiger partial charge in [0.15, 0.2) is 0 Å². The normalized spacial score (nSPS) is 19.1.